The van der Waals surface area contributed by atoms with E-state index >= 15 is 0 Å². The van der Waals surface area contributed by atoms with Gasteiger partial charge in [0, 0.05) is 26.7 Å². The first kappa shape index (κ1) is 18.6. The molecule has 2 fully saturated rings. The number of para-hydroxylation sites is 1. The molecule has 0 radical (unpaired) electrons. The largest absolute Gasteiger partial charge is 0.484 e. The summed E-state index contributed by atoms with van der Waals surface area (Å²) in [5.41, 5.74) is 0. The normalized spacial score (nSPS) is 21.4. The SMILES string of the molecule is COCC(=O)N1CCN(C)C[C@H]1C(=O)N1CC(Oc2ccccc2F)C1. The summed E-state index contributed by atoms with van der Waals surface area (Å²) in [6.45, 7) is 2.45. The van der Waals surface area contributed by atoms with E-state index in [4.69, 9.17) is 9.47 Å². The Morgan fingerprint density at radius 3 is 2.62 bits per heavy atom. The predicted molar refractivity (Wildman–Crippen MR) is 92.3 cm³/mol. The summed E-state index contributed by atoms with van der Waals surface area (Å²) in [6.07, 6.45) is -0.236. The van der Waals surface area contributed by atoms with Gasteiger partial charge < -0.3 is 24.2 Å². The highest BCUT2D eigenvalue weighted by molar-refractivity contribution is 5.89. The molecule has 2 aliphatic heterocycles. The summed E-state index contributed by atoms with van der Waals surface area (Å²) < 4.78 is 24.2. The van der Waals surface area contributed by atoms with E-state index in [0.29, 0.717) is 26.2 Å². The van der Waals surface area contributed by atoms with E-state index in [1.165, 1.54) is 13.2 Å². The molecular weight excluding hydrogens is 341 g/mol. The summed E-state index contributed by atoms with van der Waals surface area (Å²) >= 11 is 0. The van der Waals surface area contributed by atoms with Crippen LogP contribution in [0.4, 0.5) is 4.39 Å². The number of ether oxygens (including phenoxy) is 2. The van der Waals surface area contributed by atoms with Gasteiger partial charge in [0.1, 0.15) is 18.8 Å². The molecule has 1 atom stereocenters. The Morgan fingerprint density at radius 1 is 1.19 bits per heavy atom. The zero-order valence-corrected chi connectivity index (χ0v) is 15.1. The van der Waals surface area contributed by atoms with E-state index in [1.807, 2.05) is 11.9 Å². The first-order chi connectivity index (χ1) is 12.5. The summed E-state index contributed by atoms with van der Waals surface area (Å²) in [4.78, 5) is 30.4. The van der Waals surface area contributed by atoms with Crippen molar-refractivity contribution in [3.8, 4) is 5.75 Å². The maximum atomic E-state index is 13.6. The first-order valence-corrected chi connectivity index (χ1v) is 8.66. The minimum atomic E-state index is -0.522. The Kier molecular flexibility index (Phi) is 5.73. The molecule has 2 heterocycles. The van der Waals surface area contributed by atoms with Gasteiger partial charge in [-0.1, -0.05) is 12.1 Å². The third kappa shape index (κ3) is 3.96. The zero-order chi connectivity index (χ0) is 18.7. The monoisotopic (exact) mass is 365 g/mol. The highest BCUT2D eigenvalue weighted by atomic mass is 19.1. The van der Waals surface area contributed by atoms with Crippen LogP contribution in [0.25, 0.3) is 0 Å². The van der Waals surface area contributed by atoms with Crippen molar-refractivity contribution in [2.24, 2.45) is 0 Å². The number of piperazine rings is 1. The number of methoxy groups -OCH3 is 1. The molecule has 3 rings (SSSR count). The number of likely N-dealkylation sites (N-methyl/N-ethyl adjacent to an activating group) is 1. The van der Waals surface area contributed by atoms with Gasteiger partial charge in [-0.2, -0.15) is 0 Å². The molecule has 8 heteroatoms. The lowest BCUT2D eigenvalue weighted by molar-refractivity contribution is -0.156. The maximum absolute atomic E-state index is 13.6. The molecule has 0 N–H and O–H groups in total. The van der Waals surface area contributed by atoms with Crippen molar-refractivity contribution in [2.45, 2.75) is 12.1 Å². The van der Waals surface area contributed by atoms with Crippen molar-refractivity contribution in [2.75, 3.05) is 53.5 Å². The van der Waals surface area contributed by atoms with Crippen molar-refractivity contribution < 1.29 is 23.5 Å². The van der Waals surface area contributed by atoms with Gasteiger partial charge in [0.25, 0.3) is 0 Å². The highest BCUT2D eigenvalue weighted by Gasteiger charge is 2.41. The Balaban J connectivity index is 1.58. The molecular formula is C18H24FN3O4. The molecule has 0 spiro atoms. The van der Waals surface area contributed by atoms with Crippen LogP contribution in [0.5, 0.6) is 5.75 Å². The molecule has 2 amide bonds. The minimum Gasteiger partial charge on any atom is -0.484 e. The number of benzene rings is 1. The van der Waals surface area contributed by atoms with E-state index in [1.54, 1.807) is 28.0 Å². The minimum absolute atomic E-state index is 0.0352. The molecule has 0 saturated carbocycles. The third-order valence-electron chi connectivity index (χ3n) is 4.75. The summed E-state index contributed by atoms with van der Waals surface area (Å²) in [5, 5.41) is 0. The van der Waals surface area contributed by atoms with E-state index < -0.39 is 11.9 Å². The Morgan fingerprint density at radius 2 is 1.92 bits per heavy atom. The van der Waals surface area contributed by atoms with Crippen LogP contribution in [0.1, 0.15) is 0 Å². The van der Waals surface area contributed by atoms with Gasteiger partial charge in [0.15, 0.2) is 11.6 Å². The van der Waals surface area contributed by atoms with Gasteiger partial charge in [0.2, 0.25) is 11.8 Å². The molecule has 142 valence electrons. The van der Waals surface area contributed by atoms with Crippen molar-refractivity contribution in [1.82, 2.24) is 14.7 Å². The molecule has 2 saturated heterocycles. The van der Waals surface area contributed by atoms with Crippen LogP contribution in [0, 0.1) is 5.82 Å². The van der Waals surface area contributed by atoms with Gasteiger partial charge in [-0.05, 0) is 19.2 Å². The quantitative estimate of drug-likeness (QED) is 0.746. The number of hydrogen-bond donors (Lipinski definition) is 0. The van der Waals surface area contributed by atoms with Crippen molar-refractivity contribution in [3.05, 3.63) is 30.1 Å². The Labute approximate surface area is 152 Å². The smallest absolute Gasteiger partial charge is 0.249 e. The average molecular weight is 365 g/mol. The Bertz CT molecular complexity index is 666. The first-order valence-electron chi connectivity index (χ1n) is 8.66. The van der Waals surface area contributed by atoms with Crippen LogP contribution in [0.3, 0.4) is 0 Å². The second-order valence-corrected chi connectivity index (χ2v) is 6.71. The summed E-state index contributed by atoms with van der Waals surface area (Å²) in [6, 6.07) is 5.70. The molecule has 0 aromatic heterocycles. The van der Waals surface area contributed by atoms with Gasteiger partial charge in [0.05, 0.1) is 13.1 Å². The number of nitrogens with zero attached hydrogens (tertiary/aromatic N) is 3. The molecule has 0 aliphatic carbocycles. The second-order valence-electron chi connectivity index (χ2n) is 6.71. The fraction of sp³-hybridized carbons (Fsp3) is 0.556. The molecule has 0 unspecified atom stereocenters. The van der Waals surface area contributed by atoms with E-state index in [-0.39, 0.29) is 30.3 Å². The molecule has 1 aromatic carbocycles. The van der Waals surface area contributed by atoms with E-state index in [9.17, 15) is 14.0 Å². The fourth-order valence-electron chi connectivity index (χ4n) is 3.26. The van der Waals surface area contributed by atoms with Gasteiger partial charge >= 0.3 is 0 Å². The topological polar surface area (TPSA) is 62.3 Å². The third-order valence-corrected chi connectivity index (χ3v) is 4.75. The number of carbonyl (C=O) groups excluding carboxylic acids is 2. The number of rotatable bonds is 5. The lowest BCUT2D eigenvalue weighted by atomic mass is 10.1. The number of halogens is 1. The van der Waals surface area contributed by atoms with Crippen LogP contribution in [-0.4, -0.2) is 92.1 Å². The molecule has 26 heavy (non-hydrogen) atoms. The van der Waals surface area contributed by atoms with Gasteiger partial charge in [-0.15, -0.1) is 0 Å². The predicted octanol–water partition coefficient (Wildman–Crippen LogP) is 0.204. The van der Waals surface area contributed by atoms with Crippen molar-refractivity contribution in [3.63, 3.8) is 0 Å². The van der Waals surface area contributed by atoms with Crippen molar-refractivity contribution >= 4 is 11.8 Å². The number of likely N-dealkylation sites (tertiary alicyclic amines) is 1. The average Bonchev–Trinajstić information content (AvgIpc) is 2.58. The lowest BCUT2D eigenvalue weighted by Crippen LogP contribution is -2.65. The van der Waals surface area contributed by atoms with Gasteiger partial charge in [-0.3, -0.25) is 9.59 Å². The molecule has 7 nitrogen and oxygen atoms in total. The number of carbonyl (C=O) groups is 2. The zero-order valence-electron chi connectivity index (χ0n) is 15.1. The standard InChI is InChI=1S/C18H24FN3O4/c1-20-7-8-22(17(23)12-25-2)15(11-20)18(24)21-9-13(10-21)26-16-6-4-3-5-14(16)19/h3-6,13,15H,7-12H2,1-2H3/t15-/m0/s1. The summed E-state index contributed by atoms with van der Waals surface area (Å²) in [5.74, 6) is -0.505. The lowest BCUT2D eigenvalue weighted by Gasteiger charge is -2.45. The molecule has 1 aromatic rings. The molecule has 2 aliphatic rings. The number of hydrogen-bond acceptors (Lipinski definition) is 5. The van der Waals surface area contributed by atoms with Crippen LogP contribution in [-0.2, 0) is 14.3 Å². The van der Waals surface area contributed by atoms with Crippen LogP contribution >= 0.6 is 0 Å². The molecule has 0 bridgehead atoms. The fourth-order valence-corrected chi connectivity index (χ4v) is 3.26. The van der Waals surface area contributed by atoms with Crippen molar-refractivity contribution in [1.29, 1.82) is 0 Å². The second kappa shape index (κ2) is 8.01. The Hall–Kier alpha value is -2.19. The van der Waals surface area contributed by atoms with Crippen LogP contribution in [0.2, 0.25) is 0 Å². The van der Waals surface area contributed by atoms with Crippen LogP contribution < -0.4 is 4.74 Å². The summed E-state index contributed by atoms with van der Waals surface area (Å²) in [7, 11) is 3.39. The van der Waals surface area contributed by atoms with Crippen LogP contribution in [0.15, 0.2) is 24.3 Å². The van der Waals surface area contributed by atoms with Gasteiger partial charge in [-0.25, -0.2) is 4.39 Å². The van der Waals surface area contributed by atoms with E-state index in [0.717, 1.165) is 6.54 Å². The maximum Gasteiger partial charge on any atom is 0.249 e. The van der Waals surface area contributed by atoms with E-state index in [2.05, 4.69) is 0 Å². The number of amides is 2. The highest BCUT2D eigenvalue weighted by Crippen LogP contribution is 2.23.